The van der Waals surface area contributed by atoms with Crippen LogP contribution in [-0.2, 0) is 19.6 Å². The second-order valence-corrected chi connectivity index (χ2v) is 10.3. The van der Waals surface area contributed by atoms with Gasteiger partial charge in [-0.05, 0) is 107 Å². The minimum Gasteiger partial charge on any atom is -0.293 e. The highest BCUT2D eigenvalue weighted by Crippen LogP contribution is 2.39. The van der Waals surface area contributed by atoms with Crippen molar-refractivity contribution < 1.29 is 29.1 Å². The number of hydrogen-bond donors (Lipinski definition) is 0. The van der Waals surface area contributed by atoms with Gasteiger partial charge in [0.05, 0.1) is 11.1 Å². The first-order valence-electron chi connectivity index (χ1n) is 12.9. The van der Waals surface area contributed by atoms with Crippen molar-refractivity contribution in [1.82, 2.24) is 0 Å². The SMILES string of the molecule is Cc1ccc(C(=O)OOC2=CCC(C3CCC(OOC(=O)c4ccc(C)cc4C)CC3)CC2)c(C)c1. The molecule has 1 fully saturated rings. The van der Waals surface area contributed by atoms with Crippen LogP contribution in [-0.4, -0.2) is 18.0 Å². The third-order valence-electron chi connectivity index (χ3n) is 7.48. The van der Waals surface area contributed by atoms with Gasteiger partial charge in [0, 0.05) is 6.42 Å². The molecule has 192 valence electrons. The first-order valence-corrected chi connectivity index (χ1v) is 12.9. The van der Waals surface area contributed by atoms with Crippen LogP contribution in [0.3, 0.4) is 0 Å². The van der Waals surface area contributed by atoms with Gasteiger partial charge in [-0.25, -0.2) is 14.5 Å². The van der Waals surface area contributed by atoms with Gasteiger partial charge in [0.2, 0.25) is 0 Å². The van der Waals surface area contributed by atoms with Crippen LogP contribution in [0, 0.1) is 39.5 Å². The fourth-order valence-electron chi connectivity index (χ4n) is 5.37. The van der Waals surface area contributed by atoms with Crippen molar-refractivity contribution in [3.63, 3.8) is 0 Å². The number of allylic oxidation sites excluding steroid dienone is 2. The largest absolute Gasteiger partial charge is 0.386 e. The lowest BCUT2D eigenvalue weighted by Gasteiger charge is -2.34. The lowest BCUT2D eigenvalue weighted by Crippen LogP contribution is -2.28. The molecule has 0 N–H and O–H groups in total. The topological polar surface area (TPSA) is 71.1 Å². The molecule has 0 amide bonds. The third-order valence-corrected chi connectivity index (χ3v) is 7.48. The van der Waals surface area contributed by atoms with Crippen molar-refractivity contribution in [3.8, 4) is 0 Å². The maximum Gasteiger partial charge on any atom is 0.386 e. The molecule has 6 heteroatoms. The molecule has 2 aromatic rings. The Bertz CT molecular complexity index is 1130. The molecule has 0 aliphatic heterocycles. The predicted molar refractivity (Wildman–Crippen MR) is 136 cm³/mol. The summed E-state index contributed by atoms with van der Waals surface area (Å²) in [5.41, 5.74) is 5.04. The Hall–Kier alpha value is -3.12. The molecule has 0 saturated heterocycles. The van der Waals surface area contributed by atoms with Gasteiger partial charge < -0.3 is 0 Å². The summed E-state index contributed by atoms with van der Waals surface area (Å²) in [4.78, 5) is 45.9. The minimum absolute atomic E-state index is 0.0568. The summed E-state index contributed by atoms with van der Waals surface area (Å²) >= 11 is 0. The molecular formula is C30H36O6. The summed E-state index contributed by atoms with van der Waals surface area (Å²) in [6.07, 6.45) is 8.51. The van der Waals surface area contributed by atoms with E-state index in [-0.39, 0.29) is 6.10 Å². The summed E-state index contributed by atoms with van der Waals surface area (Å²) in [6.45, 7) is 7.78. The zero-order chi connectivity index (χ0) is 25.7. The van der Waals surface area contributed by atoms with E-state index >= 15 is 0 Å². The van der Waals surface area contributed by atoms with Gasteiger partial charge >= 0.3 is 11.9 Å². The van der Waals surface area contributed by atoms with Crippen LogP contribution >= 0.6 is 0 Å². The molecule has 2 aromatic carbocycles. The average Bonchev–Trinajstić information content (AvgIpc) is 2.86. The van der Waals surface area contributed by atoms with E-state index in [4.69, 9.17) is 19.6 Å². The summed E-state index contributed by atoms with van der Waals surface area (Å²) in [6, 6.07) is 11.3. The van der Waals surface area contributed by atoms with E-state index in [0.717, 1.165) is 73.0 Å². The van der Waals surface area contributed by atoms with Gasteiger partial charge in [0.1, 0.15) is 6.10 Å². The Balaban J connectivity index is 1.18. The standard InChI is InChI=1S/C30H36O6/c1-19-5-15-27(21(3)17-19)29(31)35-33-25-11-7-23(8-12-25)24-9-13-26(14-10-24)34-36-30(32)28-16-6-20(2)18-22(28)4/h5-6,11,15-18,23-24,26H,7-10,12-14H2,1-4H3. The Morgan fingerprint density at radius 3 is 1.83 bits per heavy atom. The van der Waals surface area contributed by atoms with E-state index in [2.05, 4.69) is 6.08 Å². The molecule has 0 bridgehead atoms. The van der Waals surface area contributed by atoms with E-state index in [9.17, 15) is 9.59 Å². The van der Waals surface area contributed by atoms with Gasteiger partial charge in [-0.15, -0.1) is 0 Å². The molecule has 1 saturated carbocycles. The summed E-state index contributed by atoms with van der Waals surface area (Å²) in [5, 5.41) is 0. The van der Waals surface area contributed by atoms with Crippen LogP contribution in [0.15, 0.2) is 48.2 Å². The fourth-order valence-corrected chi connectivity index (χ4v) is 5.37. The van der Waals surface area contributed by atoms with Crippen molar-refractivity contribution >= 4 is 11.9 Å². The normalized spacial score (nSPS) is 21.9. The molecule has 2 aliphatic rings. The Morgan fingerprint density at radius 1 is 0.722 bits per heavy atom. The van der Waals surface area contributed by atoms with Crippen molar-refractivity contribution in [2.45, 2.75) is 78.7 Å². The van der Waals surface area contributed by atoms with Crippen LogP contribution in [0.2, 0.25) is 0 Å². The zero-order valence-electron chi connectivity index (χ0n) is 21.7. The van der Waals surface area contributed by atoms with Crippen LogP contribution in [0.5, 0.6) is 0 Å². The van der Waals surface area contributed by atoms with Crippen LogP contribution in [0.4, 0.5) is 0 Å². The second-order valence-electron chi connectivity index (χ2n) is 10.3. The van der Waals surface area contributed by atoms with Crippen LogP contribution in [0.25, 0.3) is 0 Å². The molecule has 36 heavy (non-hydrogen) atoms. The molecule has 6 nitrogen and oxygen atoms in total. The number of hydrogen-bond acceptors (Lipinski definition) is 6. The Morgan fingerprint density at radius 2 is 1.31 bits per heavy atom. The highest BCUT2D eigenvalue weighted by Gasteiger charge is 2.31. The van der Waals surface area contributed by atoms with Crippen molar-refractivity contribution in [3.05, 3.63) is 81.6 Å². The van der Waals surface area contributed by atoms with Crippen molar-refractivity contribution in [2.75, 3.05) is 0 Å². The number of aryl methyl sites for hydroxylation is 4. The van der Waals surface area contributed by atoms with Gasteiger partial charge in [-0.3, -0.25) is 9.78 Å². The average molecular weight is 493 g/mol. The minimum atomic E-state index is -0.466. The number of carbonyl (C=O) groups excluding carboxylic acids is 2. The lowest BCUT2D eigenvalue weighted by molar-refractivity contribution is -0.281. The molecule has 1 atom stereocenters. The van der Waals surface area contributed by atoms with Crippen molar-refractivity contribution in [1.29, 1.82) is 0 Å². The Labute approximate surface area is 213 Å². The molecular weight excluding hydrogens is 456 g/mol. The van der Waals surface area contributed by atoms with Gasteiger partial charge in [-0.2, -0.15) is 4.89 Å². The first kappa shape index (κ1) is 26.0. The number of benzene rings is 2. The van der Waals surface area contributed by atoms with Gasteiger partial charge in [0.15, 0.2) is 5.76 Å². The molecule has 4 rings (SSSR count). The summed E-state index contributed by atoms with van der Waals surface area (Å²) < 4.78 is 0. The maximum atomic E-state index is 12.4. The van der Waals surface area contributed by atoms with E-state index in [1.165, 1.54) is 0 Å². The number of rotatable bonds is 7. The molecule has 0 heterocycles. The summed E-state index contributed by atoms with van der Waals surface area (Å²) in [7, 11) is 0. The van der Waals surface area contributed by atoms with Gasteiger partial charge in [0.25, 0.3) is 0 Å². The quantitative estimate of drug-likeness (QED) is 0.305. The zero-order valence-corrected chi connectivity index (χ0v) is 21.7. The van der Waals surface area contributed by atoms with E-state index < -0.39 is 11.9 Å². The summed E-state index contributed by atoms with van der Waals surface area (Å²) in [5.74, 6) is 1.01. The smallest absolute Gasteiger partial charge is 0.293 e. The van der Waals surface area contributed by atoms with E-state index in [1.807, 2.05) is 52.0 Å². The molecule has 0 aromatic heterocycles. The molecule has 0 radical (unpaired) electrons. The second kappa shape index (κ2) is 11.7. The Kier molecular flexibility index (Phi) is 8.47. The van der Waals surface area contributed by atoms with Gasteiger partial charge in [-0.1, -0.05) is 35.4 Å². The van der Waals surface area contributed by atoms with Crippen molar-refractivity contribution in [2.24, 2.45) is 11.8 Å². The highest BCUT2D eigenvalue weighted by molar-refractivity contribution is 5.91. The van der Waals surface area contributed by atoms with E-state index in [0.29, 0.717) is 23.0 Å². The monoisotopic (exact) mass is 492 g/mol. The molecule has 1 unspecified atom stereocenters. The molecule has 2 aliphatic carbocycles. The molecule has 0 spiro atoms. The number of carbonyl (C=O) groups is 2. The van der Waals surface area contributed by atoms with Crippen LogP contribution in [0.1, 0.15) is 87.9 Å². The maximum absolute atomic E-state index is 12.4. The predicted octanol–water partition coefficient (Wildman–Crippen LogP) is 7.04. The highest BCUT2D eigenvalue weighted by atomic mass is 17.2. The van der Waals surface area contributed by atoms with E-state index in [1.54, 1.807) is 12.1 Å². The fraction of sp³-hybridized carbons (Fsp3) is 0.467. The first-order chi connectivity index (χ1) is 17.3. The lowest BCUT2D eigenvalue weighted by atomic mass is 9.74. The third kappa shape index (κ3) is 6.55. The van der Waals surface area contributed by atoms with Crippen LogP contribution < -0.4 is 0 Å².